The Morgan fingerprint density at radius 3 is 2.74 bits per heavy atom. The first-order chi connectivity index (χ1) is 9.05. The van der Waals surface area contributed by atoms with E-state index in [1.807, 2.05) is 10.3 Å². The highest BCUT2D eigenvalue weighted by Gasteiger charge is 2.40. The first kappa shape index (κ1) is 13.1. The number of thiazole rings is 1. The lowest BCUT2D eigenvalue weighted by molar-refractivity contribution is -0.136. The van der Waals surface area contributed by atoms with E-state index in [0.29, 0.717) is 19.0 Å². The molecule has 1 aliphatic carbocycles. The predicted octanol–water partition coefficient (Wildman–Crippen LogP) is 1.07. The molecule has 1 aliphatic heterocycles. The van der Waals surface area contributed by atoms with E-state index >= 15 is 0 Å². The van der Waals surface area contributed by atoms with Gasteiger partial charge in [-0.15, -0.1) is 11.3 Å². The lowest BCUT2D eigenvalue weighted by atomic mass is 10.1. The molecule has 3 rings (SSSR count). The van der Waals surface area contributed by atoms with E-state index in [4.69, 9.17) is 0 Å². The van der Waals surface area contributed by atoms with Crippen LogP contribution in [0, 0.1) is 5.92 Å². The number of carbonyl (C=O) groups excluding carboxylic acids is 1. The Morgan fingerprint density at radius 1 is 1.42 bits per heavy atom. The molecular formula is C12H16N2O3S2. The van der Waals surface area contributed by atoms with Crippen LogP contribution in [-0.2, 0) is 21.2 Å². The fourth-order valence-electron chi connectivity index (χ4n) is 2.47. The molecule has 2 heterocycles. The molecule has 0 bridgehead atoms. The Balaban J connectivity index is 1.72. The molecule has 2 fully saturated rings. The number of sulfone groups is 1. The third-order valence-corrected chi connectivity index (χ3v) is 6.17. The van der Waals surface area contributed by atoms with Crippen molar-refractivity contribution in [2.45, 2.75) is 31.8 Å². The van der Waals surface area contributed by atoms with Gasteiger partial charge in [0.2, 0.25) is 5.91 Å². The third-order valence-electron chi connectivity index (χ3n) is 3.64. The van der Waals surface area contributed by atoms with Gasteiger partial charge in [0, 0.05) is 17.6 Å². The van der Waals surface area contributed by atoms with Crippen LogP contribution in [0.3, 0.4) is 0 Å². The van der Waals surface area contributed by atoms with Gasteiger partial charge in [-0.1, -0.05) is 0 Å². The van der Waals surface area contributed by atoms with Crippen molar-refractivity contribution in [3.8, 4) is 0 Å². The monoisotopic (exact) mass is 300 g/mol. The average Bonchev–Trinajstić information content (AvgIpc) is 2.94. The van der Waals surface area contributed by atoms with Crippen molar-refractivity contribution >= 4 is 27.1 Å². The SMILES string of the molecule is O=C([C@H]1CCS(=O)(=O)C1)N(Cc1nccs1)C1CC1. The van der Waals surface area contributed by atoms with Gasteiger partial charge in [0.05, 0.1) is 24.0 Å². The molecule has 0 spiro atoms. The number of carbonyl (C=O) groups is 1. The molecule has 1 atom stereocenters. The molecule has 0 unspecified atom stereocenters. The second kappa shape index (κ2) is 4.86. The van der Waals surface area contributed by atoms with Crippen LogP contribution in [0.25, 0.3) is 0 Å². The lowest BCUT2D eigenvalue weighted by Crippen LogP contribution is -2.37. The lowest BCUT2D eigenvalue weighted by Gasteiger charge is -2.24. The van der Waals surface area contributed by atoms with E-state index in [-0.39, 0.29) is 23.3 Å². The van der Waals surface area contributed by atoms with E-state index < -0.39 is 9.84 Å². The van der Waals surface area contributed by atoms with E-state index in [2.05, 4.69) is 4.98 Å². The highest BCUT2D eigenvalue weighted by Crippen LogP contribution is 2.32. The largest absolute Gasteiger partial charge is 0.333 e. The first-order valence-corrected chi connectivity index (χ1v) is 9.14. The number of amides is 1. The van der Waals surface area contributed by atoms with Crippen LogP contribution in [0.4, 0.5) is 0 Å². The fourth-order valence-corrected chi connectivity index (χ4v) is 4.82. The van der Waals surface area contributed by atoms with Crippen LogP contribution in [0.2, 0.25) is 0 Å². The van der Waals surface area contributed by atoms with Crippen molar-refractivity contribution in [3.63, 3.8) is 0 Å². The average molecular weight is 300 g/mol. The summed E-state index contributed by atoms with van der Waals surface area (Å²) >= 11 is 1.53. The molecule has 7 heteroatoms. The highest BCUT2D eigenvalue weighted by atomic mass is 32.2. The number of hydrogen-bond donors (Lipinski definition) is 0. The van der Waals surface area contributed by atoms with Crippen LogP contribution in [0.5, 0.6) is 0 Å². The van der Waals surface area contributed by atoms with E-state index in [1.54, 1.807) is 6.20 Å². The zero-order valence-electron chi connectivity index (χ0n) is 10.5. The van der Waals surface area contributed by atoms with Gasteiger partial charge in [0.1, 0.15) is 5.01 Å². The number of hydrogen-bond acceptors (Lipinski definition) is 5. The van der Waals surface area contributed by atoms with Crippen molar-refractivity contribution in [3.05, 3.63) is 16.6 Å². The summed E-state index contributed by atoms with van der Waals surface area (Å²) in [6.45, 7) is 0.526. The van der Waals surface area contributed by atoms with Crippen LogP contribution in [0.1, 0.15) is 24.3 Å². The normalized spacial score (nSPS) is 25.4. The summed E-state index contributed by atoms with van der Waals surface area (Å²) in [5.41, 5.74) is 0. The van der Waals surface area contributed by atoms with Crippen LogP contribution >= 0.6 is 11.3 Å². The zero-order chi connectivity index (χ0) is 13.5. The molecule has 5 nitrogen and oxygen atoms in total. The summed E-state index contributed by atoms with van der Waals surface area (Å²) in [6.07, 6.45) is 4.25. The van der Waals surface area contributed by atoms with E-state index in [9.17, 15) is 13.2 Å². The van der Waals surface area contributed by atoms with Gasteiger partial charge in [-0.25, -0.2) is 13.4 Å². The van der Waals surface area contributed by atoms with Crippen molar-refractivity contribution in [1.82, 2.24) is 9.88 Å². The topological polar surface area (TPSA) is 67.3 Å². The number of nitrogens with zero attached hydrogens (tertiary/aromatic N) is 2. The molecule has 1 saturated carbocycles. The van der Waals surface area contributed by atoms with E-state index in [0.717, 1.165) is 17.8 Å². The second-order valence-corrected chi connectivity index (χ2v) is 8.43. The molecule has 1 aromatic heterocycles. The molecule has 0 aromatic carbocycles. The molecule has 104 valence electrons. The van der Waals surface area contributed by atoms with E-state index in [1.165, 1.54) is 11.3 Å². The number of aromatic nitrogens is 1. The maximum atomic E-state index is 12.5. The first-order valence-electron chi connectivity index (χ1n) is 6.44. The van der Waals surface area contributed by atoms with Crippen molar-refractivity contribution < 1.29 is 13.2 Å². The summed E-state index contributed by atoms with van der Waals surface area (Å²) in [5.74, 6) is -0.171. The fraction of sp³-hybridized carbons (Fsp3) is 0.667. The van der Waals surface area contributed by atoms with Crippen molar-refractivity contribution in [2.75, 3.05) is 11.5 Å². The standard InChI is InChI=1S/C12H16N2O3S2/c15-12(9-3-6-19(16,17)8-9)14(10-1-2-10)7-11-13-4-5-18-11/h4-5,9-10H,1-3,6-8H2/t9-/m0/s1. The van der Waals surface area contributed by atoms with Gasteiger partial charge >= 0.3 is 0 Å². The molecule has 0 radical (unpaired) electrons. The Labute approximate surface area is 116 Å². The molecule has 1 aromatic rings. The van der Waals surface area contributed by atoms with Gasteiger partial charge in [0.15, 0.2) is 9.84 Å². The van der Waals surface area contributed by atoms with Crippen LogP contribution in [0.15, 0.2) is 11.6 Å². The maximum Gasteiger partial charge on any atom is 0.227 e. The van der Waals surface area contributed by atoms with Gasteiger partial charge in [0.25, 0.3) is 0 Å². The summed E-state index contributed by atoms with van der Waals surface area (Å²) < 4.78 is 23.0. The third kappa shape index (κ3) is 2.97. The Hall–Kier alpha value is -0.950. The van der Waals surface area contributed by atoms with Gasteiger partial charge in [-0.05, 0) is 19.3 Å². The second-order valence-electron chi connectivity index (χ2n) is 5.22. The smallest absolute Gasteiger partial charge is 0.227 e. The minimum absolute atomic E-state index is 0.00113. The zero-order valence-corrected chi connectivity index (χ0v) is 12.1. The predicted molar refractivity (Wildman–Crippen MR) is 72.4 cm³/mol. The quantitative estimate of drug-likeness (QED) is 0.834. The Kier molecular flexibility index (Phi) is 3.34. The maximum absolute atomic E-state index is 12.5. The molecule has 2 aliphatic rings. The Bertz CT molecular complexity index is 564. The molecule has 0 N–H and O–H groups in total. The minimum Gasteiger partial charge on any atom is -0.333 e. The molecule has 19 heavy (non-hydrogen) atoms. The van der Waals surface area contributed by atoms with Crippen LogP contribution < -0.4 is 0 Å². The summed E-state index contributed by atoms with van der Waals surface area (Å²) in [5, 5.41) is 2.81. The van der Waals surface area contributed by atoms with Gasteiger partial charge < -0.3 is 4.90 Å². The van der Waals surface area contributed by atoms with Gasteiger partial charge in [-0.3, -0.25) is 4.79 Å². The summed E-state index contributed by atoms with van der Waals surface area (Å²) in [4.78, 5) is 18.5. The molecule has 1 saturated heterocycles. The molecular weight excluding hydrogens is 284 g/mol. The minimum atomic E-state index is -3.00. The number of rotatable bonds is 4. The summed E-state index contributed by atoms with van der Waals surface area (Å²) in [7, 11) is -3.00. The Morgan fingerprint density at radius 2 is 2.21 bits per heavy atom. The molecule has 1 amide bonds. The van der Waals surface area contributed by atoms with Gasteiger partial charge in [-0.2, -0.15) is 0 Å². The van der Waals surface area contributed by atoms with Crippen molar-refractivity contribution in [2.24, 2.45) is 5.92 Å². The highest BCUT2D eigenvalue weighted by molar-refractivity contribution is 7.91. The summed E-state index contributed by atoms with van der Waals surface area (Å²) in [6, 6.07) is 0.291. The van der Waals surface area contributed by atoms with Crippen molar-refractivity contribution in [1.29, 1.82) is 0 Å². The van der Waals surface area contributed by atoms with Crippen LogP contribution in [-0.4, -0.2) is 41.8 Å².